The van der Waals surface area contributed by atoms with E-state index in [0.29, 0.717) is 18.9 Å². The first-order valence-corrected chi connectivity index (χ1v) is 10.0. The predicted molar refractivity (Wildman–Crippen MR) is 102 cm³/mol. The van der Waals surface area contributed by atoms with Crippen LogP contribution >= 0.6 is 0 Å². The molecule has 0 radical (unpaired) electrons. The fraction of sp³-hybridized carbons (Fsp3) is 0.429. The predicted octanol–water partition coefficient (Wildman–Crippen LogP) is 4.29. The van der Waals surface area contributed by atoms with E-state index in [4.69, 9.17) is 9.47 Å². The van der Waals surface area contributed by atoms with Crippen LogP contribution in [0, 0.1) is 11.6 Å². The number of rotatable bonds is 8. The highest BCUT2D eigenvalue weighted by molar-refractivity contribution is 5.99. The van der Waals surface area contributed by atoms with E-state index in [1.165, 1.54) is 6.92 Å². The van der Waals surface area contributed by atoms with E-state index in [1.54, 1.807) is 6.92 Å². The SMILES string of the molecule is CCOC(=O)c1nn(CC(=O)c2ccc(C(F)(F)F)c(F)c2F)c(C(=O)OCC)c1C1CC1. The third kappa shape index (κ3) is 4.88. The number of halogens is 5. The molecule has 1 saturated carbocycles. The first kappa shape index (κ1) is 24.3. The Morgan fingerprint density at radius 3 is 2.18 bits per heavy atom. The van der Waals surface area contributed by atoms with Crippen molar-refractivity contribution >= 4 is 17.7 Å². The molecule has 178 valence electrons. The molecule has 0 N–H and O–H groups in total. The second-order valence-corrected chi connectivity index (χ2v) is 7.19. The maximum Gasteiger partial charge on any atom is 0.419 e. The zero-order chi connectivity index (χ0) is 24.5. The molecule has 0 saturated heterocycles. The highest BCUT2D eigenvalue weighted by atomic mass is 19.4. The number of hydrogen-bond donors (Lipinski definition) is 0. The topological polar surface area (TPSA) is 87.5 Å². The van der Waals surface area contributed by atoms with Gasteiger partial charge in [-0.05, 0) is 44.7 Å². The van der Waals surface area contributed by atoms with Gasteiger partial charge in [0.05, 0.1) is 24.3 Å². The summed E-state index contributed by atoms with van der Waals surface area (Å²) in [7, 11) is 0. The van der Waals surface area contributed by atoms with Crippen LogP contribution in [0.5, 0.6) is 0 Å². The summed E-state index contributed by atoms with van der Waals surface area (Å²) in [5.74, 6) is -7.31. The number of carbonyl (C=O) groups excluding carboxylic acids is 3. The van der Waals surface area contributed by atoms with E-state index in [1.807, 2.05) is 0 Å². The van der Waals surface area contributed by atoms with Gasteiger partial charge in [0.25, 0.3) is 0 Å². The second kappa shape index (κ2) is 9.28. The number of hydrogen-bond acceptors (Lipinski definition) is 6. The van der Waals surface area contributed by atoms with Crippen molar-refractivity contribution in [2.75, 3.05) is 13.2 Å². The van der Waals surface area contributed by atoms with Crippen LogP contribution in [0.25, 0.3) is 0 Å². The number of carbonyl (C=O) groups is 3. The largest absolute Gasteiger partial charge is 0.461 e. The molecule has 1 aromatic heterocycles. The number of nitrogens with zero attached hydrogens (tertiary/aromatic N) is 2. The Labute approximate surface area is 184 Å². The van der Waals surface area contributed by atoms with Gasteiger partial charge in [0.15, 0.2) is 28.8 Å². The maximum absolute atomic E-state index is 14.3. The molecule has 0 aliphatic heterocycles. The van der Waals surface area contributed by atoms with Gasteiger partial charge in [-0.3, -0.25) is 4.79 Å². The van der Waals surface area contributed by atoms with Gasteiger partial charge < -0.3 is 9.47 Å². The summed E-state index contributed by atoms with van der Waals surface area (Å²) < 4.78 is 77.4. The van der Waals surface area contributed by atoms with E-state index >= 15 is 0 Å². The molecule has 1 aliphatic rings. The van der Waals surface area contributed by atoms with Crippen molar-refractivity contribution < 1.29 is 45.8 Å². The molecule has 0 spiro atoms. The Balaban J connectivity index is 2.05. The number of benzene rings is 1. The van der Waals surface area contributed by atoms with Gasteiger partial charge in [-0.15, -0.1) is 0 Å². The summed E-state index contributed by atoms with van der Waals surface area (Å²) >= 11 is 0. The highest BCUT2D eigenvalue weighted by Crippen LogP contribution is 2.44. The van der Waals surface area contributed by atoms with Crippen molar-refractivity contribution in [3.8, 4) is 0 Å². The van der Waals surface area contributed by atoms with Gasteiger partial charge in [-0.25, -0.2) is 23.1 Å². The van der Waals surface area contributed by atoms with E-state index in [-0.39, 0.29) is 42.1 Å². The Bertz CT molecular complexity index is 1110. The lowest BCUT2D eigenvalue weighted by molar-refractivity contribution is -0.140. The molecule has 3 rings (SSSR count). The van der Waals surface area contributed by atoms with Crippen LogP contribution in [0.15, 0.2) is 12.1 Å². The van der Waals surface area contributed by atoms with Crippen molar-refractivity contribution in [1.82, 2.24) is 9.78 Å². The molecule has 1 aliphatic carbocycles. The van der Waals surface area contributed by atoms with Crippen LogP contribution in [0.4, 0.5) is 22.0 Å². The molecule has 1 aromatic carbocycles. The molecule has 1 fully saturated rings. The number of alkyl halides is 3. The summed E-state index contributed by atoms with van der Waals surface area (Å²) in [5, 5.41) is 3.99. The second-order valence-electron chi connectivity index (χ2n) is 7.19. The zero-order valence-corrected chi connectivity index (χ0v) is 17.6. The van der Waals surface area contributed by atoms with Crippen LogP contribution in [0.1, 0.15) is 75.1 Å². The first-order valence-electron chi connectivity index (χ1n) is 10.0. The van der Waals surface area contributed by atoms with Crippen molar-refractivity contribution in [2.45, 2.75) is 45.3 Å². The summed E-state index contributed by atoms with van der Waals surface area (Å²) in [4.78, 5) is 37.6. The van der Waals surface area contributed by atoms with Gasteiger partial charge in [-0.1, -0.05) is 0 Å². The minimum absolute atomic E-state index is 0.0134. The number of ether oxygens (including phenoxy) is 2. The normalized spacial score (nSPS) is 13.7. The molecule has 12 heteroatoms. The molecule has 7 nitrogen and oxygen atoms in total. The van der Waals surface area contributed by atoms with Crippen LogP contribution in [0.3, 0.4) is 0 Å². The van der Waals surface area contributed by atoms with E-state index in [9.17, 15) is 36.3 Å². The van der Waals surface area contributed by atoms with Gasteiger partial charge in [0.1, 0.15) is 6.54 Å². The van der Waals surface area contributed by atoms with Crippen LogP contribution in [-0.4, -0.2) is 40.7 Å². The summed E-state index contributed by atoms with van der Waals surface area (Å²) in [6.45, 7) is 2.22. The van der Waals surface area contributed by atoms with Crippen molar-refractivity contribution in [2.24, 2.45) is 0 Å². The van der Waals surface area contributed by atoms with Crippen LogP contribution < -0.4 is 0 Å². The van der Waals surface area contributed by atoms with E-state index in [2.05, 4.69) is 5.10 Å². The summed E-state index contributed by atoms with van der Waals surface area (Å²) in [6, 6.07) is 0.756. The fourth-order valence-corrected chi connectivity index (χ4v) is 3.32. The molecule has 0 atom stereocenters. The smallest absolute Gasteiger partial charge is 0.419 e. The van der Waals surface area contributed by atoms with Crippen LogP contribution in [-0.2, 0) is 22.2 Å². The average molecular weight is 474 g/mol. The monoisotopic (exact) mass is 474 g/mol. The maximum atomic E-state index is 14.3. The molecule has 1 heterocycles. The minimum atomic E-state index is -5.15. The van der Waals surface area contributed by atoms with Gasteiger partial charge in [0, 0.05) is 5.56 Å². The number of Topliss-reactive ketones (excluding diaryl/α,β-unsaturated/α-hetero) is 1. The molecular formula is C21H19F5N2O5. The molecule has 0 unspecified atom stereocenters. The molecule has 0 bridgehead atoms. The van der Waals surface area contributed by atoms with E-state index in [0.717, 1.165) is 4.68 Å². The Morgan fingerprint density at radius 1 is 1.03 bits per heavy atom. The molecule has 2 aromatic rings. The van der Waals surface area contributed by atoms with E-state index < -0.39 is 53.2 Å². The lowest BCUT2D eigenvalue weighted by Crippen LogP contribution is -2.21. The van der Waals surface area contributed by atoms with Crippen molar-refractivity contribution in [1.29, 1.82) is 0 Å². The fourth-order valence-electron chi connectivity index (χ4n) is 3.32. The van der Waals surface area contributed by atoms with Gasteiger partial charge >= 0.3 is 18.1 Å². The average Bonchev–Trinajstić information content (AvgIpc) is 3.50. The van der Waals surface area contributed by atoms with Gasteiger partial charge in [-0.2, -0.15) is 18.3 Å². The number of aromatic nitrogens is 2. The lowest BCUT2D eigenvalue weighted by Gasteiger charge is -2.11. The third-order valence-electron chi connectivity index (χ3n) is 4.89. The number of esters is 2. The standard InChI is InChI=1S/C21H19F5N2O5/c1-3-32-19(30)17-14(10-5-6-10)18(20(31)33-4-2)28(27-17)9-13(29)11-7-8-12(21(24,25)26)16(23)15(11)22/h7-8,10H,3-6,9H2,1-2H3. The Hall–Kier alpha value is -3.31. The summed E-state index contributed by atoms with van der Waals surface area (Å²) in [5.41, 5.74) is -3.03. The quantitative estimate of drug-likeness (QED) is 0.322. The Kier molecular flexibility index (Phi) is 6.84. The zero-order valence-electron chi connectivity index (χ0n) is 17.6. The Morgan fingerprint density at radius 2 is 1.64 bits per heavy atom. The summed E-state index contributed by atoms with van der Waals surface area (Å²) in [6.07, 6.45) is -3.88. The highest BCUT2D eigenvalue weighted by Gasteiger charge is 2.39. The molecule has 33 heavy (non-hydrogen) atoms. The van der Waals surface area contributed by atoms with Crippen LogP contribution in [0.2, 0.25) is 0 Å². The first-order chi connectivity index (χ1) is 15.5. The lowest BCUT2D eigenvalue weighted by atomic mass is 10.1. The molecule has 0 amide bonds. The van der Waals surface area contributed by atoms with Crippen molar-refractivity contribution in [3.05, 3.63) is 51.8 Å². The molecular weight excluding hydrogens is 455 g/mol. The third-order valence-corrected chi connectivity index (χ3v) is 4.89. The van der Waals surface area contributed by atoms with Crippen molar-refractivity contribution in [3.63, 3.8) is 0 Å². The minimum Gasteiger partial charge on any atom is -0.461 e. The number of ketones is 1. The van der Waals surface area contributed by atoms with Gasteiger partial charge in [0.2, 0.25) is 0 Å².